The molecule has 6 heteroatoms. The van der Waals surface area contributed by atoms with E-state index in [-0.39, 0.29) is 5.91 Å². The predicted octanol–water partition coefficient (Wildman–Crippen LogP) is 6.39. The van der Waals surface area contributed by atoms with Gasteiger partial charge < -0.3 is 5.32 Å². The highest BCUT2D eigenvalue weighted by molar-refractivity contribution is 7.93. The second-order valence-electron chi connectivity index (χ2n) is 7.60. The number of carbonyl (C=O) groups is 1. The lowest BCUT2D eigenvalue weighted by Gasteiger charge is -2.35. The van der Waals surface area contributed by atoms with Crippen molar-refractivity contribution in [3.63, 3.8) is 0 Å². The molecular weight excluding hydrogens is 475 g/mol. The summed E-state index contributed by atoms with van der Waals surface area (Å²) in [6, 6.07) is 25.5. The quantitative estimate of drug-likeness (QED) is 0.310. The van der Waals surface area contributed by atoms with E-state index < -0.39 is 17.5 Å². The van der Waals surface area contributed by atoms with Crippen LogP contribution in [0.3, 0.4) is 0 Å². The van der Waals surface area contributed by atoms with Gasteiger partial charge in [-0.2, -0.15) is 0 Å². The number of carbonyl (C=O) groups excluding carboxylic acids is 1. The molecule has 4 rings (SSSR count). The van der Waals surface area contributed by atoms with E-state index in [4.69, 9.17) is 23.2 Å². The summed E-state index contributed by atoms with van der Waals surface area (Å²) < 4.78 is 13.4. The van der Waals surface area contributed by atoms with Gasteiger partial charge in [0.1, 0.15) is 10.7 Å². The molecule has 33 heavy (non-hydrogen) atoms. The lowest BCUT2D eigenvalue weighted by molar-refractivity contribution is 0.0977. The Kier molecular flexibility index (Phi) is 7.55. The summed E-state index contributed by atoms with van der Waals surface area (Å²) in [5.74, 6) is -0.788. The van der Waals surface area contributed by atoms with Gasteiger partial charge in [0.25, 0.3) is 5.91 Å². The zero-order valence-corrected chi connectivity index (χ0v) is 20.2. The van der Waals surface area contributed by atoms with Gasteiger partial charge >= 0.3 is 0 Å². The number of alkyl halides is 2. The van der Waals surface area contributed by atoms with Crippen LogP contribution in [0.1, 0.15) is 23.2 Å². The number of allylic oxidation sites excluding steroid dienone is 4. The summed E-state index contributed by atoms with van der Waals surface area (Å²) >= 11 is 13.3. The first-order chi connectivity index (χ1) is 16.0. The number of rotatable bonds is 6. The molecule has 0 bridgehead atoms. The van der Waals surface area contributed by atoms with Crippen LogP contribution in [0, 0.1) is 5.82 Å². The monoisotopic (exact) mass is 497 g/mol. The summed E-state index contributed by atoms with van der Waals surface area (Å²) in [4.78, 5) is 12.3. The van der Waals surface area contributed by atoms with Crippen LogP contribution in [0.4, 0.5) is 4.39 Å². The number of amides is 1. The number of benzene rings is 3. The average molecular weight is 498 g/mol. The van der Waals surface area contributed by atoms with Crippen molar-refractivity contribution in [2.45, 2.75) is 17.7 Å². The minimum atomic E-state index is -2.61. The van der Waals surface area contributed by atoms with Crippen molar-refractivity contribution in [3.05, 3.63) is 120 Å². The molecule has 0 fully saturated rings. The first-order valence-corrected chi connectivity index (χ1v) is 13.3. The van der Waals surface area contributed by atoms with E-state index in [0.717, 1.165) is 28.8 Å². The fourth-order valence-electron chi connectivity index (χ4n) is 4.09. The average Bonchev–Trinajstić information content (AvgIpc) is 2.86. The molecule has 168 valence electrons. The number of hydrogen-bond acceptors (Lipinski definition) is 1. The summed E-state index contributed by atoms with van der Waals surface area (Å²) in [5.41, 5.74) is 0.866. The van der Waals surface area contributed by atoms with Gasteiger partial charge in [0, 0.05) is 5.56 Å². The van der Waals surface area contributed by atoms with E-state index in [1.807, 2.05) is 36.4 Å². The fourth-order valence-corrected chi connectivity index (χ4v) is 9.34. The Bertz CT molecular complexity index is 1190. The Balaban J connectivity index is 2.05. The third kappa shape index (κ3) is 4.87. The van der Waals surface area contributed by atoms with Crippen LogP contribution in [0.2, 0.25) is 0 Å². The van der Waals surface area contributed by atoms with E-state index in [1.54, 1.807) is 0 Å². The van der Waals surface area contributed by atoms with Crippen molar-refractivity contribution < 1.29 is 9.18 Å². The third-order valence-corrected chi connectivity index (χ3v) is 10.7. The Morgan fingerprint density at radius 2 is 1.42 bits per heavy atom. The molecule has 0 aliphatic heterocycles. The molecule has 0 heterocycles. The van der Waals surface area contributed by atoms with Gasteiger partial charge in [-0.25, -0.2) is 4.39 Å². The molecular formula is C27H23Cl2FNOP. The predicted molar refractivity (Wildman–Crippen MR) is 140 cm³/mol. The lowest BCUT2D eigenvalue weighted by Crippen LogP contribution is -2.40. The van der Waals surface area contributed by atoms with Gasteiger partial charge in [-0.15, -0.1) is 0 Å². The molecule has 0 radical (unpaired) electrons. The molecule has 2 nitrogen and oxygen atoms in total. The normalized spacial score (nSPS) is 13.5. The highest BCUT2D eigenvalue weighted by Crippen LogP contribution is 2.57. The Hall–Kier alpha value is -2.58. The minimum Gasteiger partial charge on any atom is -0.322 e. The first kappa shape index (κ1) is 23.6. The second kappa shape index (κ2) is 10.6. The van der Waals surface area contributed by atoms with Crippen molar-refractivity contribution in [1.82, 2.24) is 5.32 Å². The SMILES string of the molecule is O=C(NC(C(Cl)Cl)=P(C1=CCCC=C1)(c1ccccc1)c1ccccc1)c1ccc(F)cc1. The van der Waals surface area contributed by atoms with Crippen LogP contribution in [-0.4, -0.2) is 16.2 Å². The Morgan fingerprint density at radius 3 is 1.91 bits per heavy atom. The van der Waals surface area contributed by atoms with E-state index in [0.29, 0.717) is 11.0 Å². The molecule has 1 amide bonds. The molecule has 0 saturated heterocycles. The summed E-state index contributed by atoms with van der Waals surface area (Å²) in [6.07, 6.45) is 8.33. The molecule has 1 aliphatic carbocycles. The van der Waals surface area contributed by atoms with Crippen LogP contribution in [0.5, 0.6) is 0 Å². The van der Waals surface area contributed by atoms with Crippen LogP contribution in [0.25, 0.3) is 0 Å². The number of halogens is 3. The van der Waals surface area contributed by atoms with Crippen molar-refractivity contribution >= 4 is 52.0 Å². The van der Waals surface area contributed by atoms with Gasteiger partial charge in [0.05, 0.1) is 5.42 Å². The molecule has 0 saturated carbocycles. The molecule has 0 unspecified atom stereocenters. The van der Waals surface area contributed by atoms with Crippen LogP contribution >= 0.6 is 30.1 Å². The van der Waals surface area contributed by atoms with Crippen molar-refractivity contribution in [3.8, 4) is 0 Å². The minimum absolute atomic E-state index is 0.329. The number of hydrogen-bond donors (Lipinski definition) is 1. The standard InChI is InChI=1S/C27H23Cl2FNOP/c28-25(29)27(31-26(32)20-16-18-21(30)19-17-20)33(22-10-4-1-5-11-22,23-12-6-2-7-13-23)24-14-8-3-9-15-24/h1-2,4-8,10-19,25H,3,9H2,(H,31,32). The molecule has 3 aromatic carbocycles. The zero-order valence-electron chi connectivity index (χ0n) is 17.8. The van der Waals surface area contributed by atoms with Gasteiger partial charge in [0.2, 0.25) is 0 Å². The molecule has 3 aromatic rings. The maximum absolute atomic E-state index is 13.4. The molecule has 1 N–H and O–H groups in total. The Morgan fingerprint density at radius 1 is 0.848 bits per heavy atom. The highest BCUT2D eigenvalue weighted by Gasteiger charge is 2.34. The highest BCUT2D eigenvalue weighted by atomic mass is 35.5. The zero-order chi connectivity index (χ0) is 23.3. The lowest BCUT2D eigenvalue weighted by atomic mass is 10.2. The molecule has 0 spiro atoms. The fraction of sp³-hybridized carbons (Fsp3) is 0.111. The van der Waals surface area contributed by atoms with Crippen LogP contribution in [0.15, 0.2) is 108 Å². The largest absolute Gasteiger partial charge is 0.322 e. The summed E-state index contributed by atoms with van der Waals surface area (Å²) in [6.45, 7) is -2.61. The Labute approximate surface area is 203 Å². The van der Waals surface area contributed by atoms with Gasteiger partial charge in [0.15, 0.2) is 0 Å². The van der Waals surface area contributed by atoms with Gasteiger partial charge in [-0.3, -0.25) is 4.79 Å². The molecule has 0 atom stereocenters. The molecule has 1 aliphatic rings. The number of nitrogens with one attached hydrogen (secondary N) is 1. The maximum atomic E-state index is 13.4. The van der Waals surface area contributed by atoms with Gasteiger partial charge in [-0.1, -0.05) is 102 Å². The van der Waals surface area contributed by atoms with Crippen molar-refractivity contribution in [2.24, 2.45) is 0 Å². The van der Waals surface area contributed by atoms with E-state index in [2.05, 4.69) is 47.8 Å². The molecule has 0 aromatic heterocycles. The first-order valence-electron chi connectivity index (χ1n) is 10.6. The van der Waals surface area contributed by atoms with Gasteiger partial charge in [-0.05, 0) is 59.9 Å². The third-order valence-electron chi connectivity index (χ3n) is 5.57. The van der Waals surface area contributed by atoms with E-state index in [1.165, 1.54) is 24.3 Å². The van der Waals surface area contributed by atoms with Crippen LogP contribution < -0.4 is 15.9 Å². The smallest absolute Gasteiger partial charge is 0.255 e. The van der Waals surface area contributed by atoms with Crippen molar-refractivity contribution in [2.75, 3.05) is 0 Å². The summed E-state index contributed by atoms with van der Waals surface area (Å²) in [5, 5.41) is 6.22. The summed E-state index contributed by atoms with van der Waals surface area (Å²) in [7, 11) is 0. The van der Waals surface area contributed by atoms with Crippen LogP contribution in [-0.2, 0) is 0 Å². The van der Waals surface area contributed by atoms with E-state index in [9.17, 15) is 9.18 Å². The van der Waals surface area contributed by atoms with Crippen molar-refractivity contribution in [1.29, 1.82) is 0 Å². The maximum Gasteiger partial charge on any atom is 0.255 e. The second-order valence-corrected chi connectivity index (χ2v) is 12.1. The topological polar surface area (TPSA) is 29.1 Å². The van der Waals surface area contributed by atoms with E-state index >= 15 is 0 Å².